The van der Waals surface area contributed by atoms with E-state index in [1.165, 1.54) is 0 Å². The molecule has 0 radical (unpaired) electrons. The van der Waals surface area contributed by atoms with E-state index in [4.69, 9.17) is 16.9 Å². The number of anilines is 1. The Kier molecular flexibility index (Phi) is 4.56. The van der Waals surface area contributed by atoms with E-state index >= 15 is 0 Å². The van der Waals surface area contributed by atoms with E-state index in [1.54, 1.807) is 19.2 Å². The highest BCUT2D eigenvalue weighted by atomic mass is 16.5. The van der Waals surface area contributed by atoms with E-state index in [9.17, 15) is 4.79 Å². The van der Waals surface area contributed by atoms with Crippen molar-refractivity contribution in [3.63, 3.8) is 0 Å². The Morgan fingerprint density at radius 2 is 2.35 bits per heavy atom. The van der Waals surface area contributed by atoms with Gasteiger partial charge in [0.15, 0.2) is 0 Å². The zero-order chi connectivity index (χ0) is 12.8. The number of nitrogens with two attached hydrogens (primary N) is 1. The second-order valence-electron chi connectivity index (χ2n) is 3.68. The highest BCUT2D eigenvalue weighted by Crippen LogP contribution is 2.21. The van der Waals surface area contributed by atoms with E-state index < -0.39 is 6.04 Å². The molecule has 1 amide bonds. The standard InChI is InChI=1S/C13H16N2O2/c1-4-5-11(14)13(16)15-12-7-6-10(17-3)8-9(12)2/h1,6-8,11H,5,14H2,2-3H3,(H,15,16). The lowest BCUT2D eigenvalue weighted by Crippen LogP contribution is -2.35. The summed E-state index contributed by atoms with van der Waals surface area (Å²) in [5.74, 6) is 2.82. The first kappa shape index (κ1) is 13.1. The fourth-order valence-electron chi connectivity index (χ4n) is 1.35. The minimum atomic E-state index is -0.679. The quantitative estimate of drug-likeness (QED) is 0.769. The Balaban J connectivity index is 2.76. The maximum Gasteiger partial charge on any atom is 0.242 e. The lowest BCUT2D eigenvalue weighted by Gasteiger charge is -2.12. The Morgan fingerprint density at radius 3 is 2.88 bits per heavy atom. The molecule has 1 unspecified atom stereocenters. The van der Waals surface area contributed by atoms with Gasteiger partial charge in [-0.3, -0.25) is 4.79 Å². The van der Waals surface area contributed by atoms with Crippen molar-refractivity contribution in [1.29, 1.82) is 0 Å². The smallest absolute Gasteiger partial charge is 0.242 e. The lowest BCUT2D eigenvalue weighted by atomic mass is 10.1. The number of benzene rings is 1. The zero-order valence-electron chi connectivity index (χ0n) is 9.99. The molecular formula is C13H16N2O2. The molecule has 3 N–H and O–H groups in total. The Bertz CT molecular complexity index is 449. The normalized spacial score (nSPS) is 11.4. The molecule has 0 aliphatic carbocycles. The van der Waals surface area contributed by atoms with Crippen molar-refractivity contribution in [3.8, 4) is 18.1 Å². The van der Waals surface area contributed by atoms with Gasteiger partial charge < -0.3 is 15.8 Å². The van der Waals surface area contributed by atoms with Crippen molar-refractivity contribution in [1.82, 2.24) is 0 Å². The summed E-state index contributed by atoms with van der Waals surface area (Å²) >= 11 is 0. The molecule has 0 heterocycles. The summed E-state index contributed by atoms with van der Waals surface area (Å²) < 4.78 is 5.08. The number of methoxy groups -OCH3 is 1. The number of carbonyl (C=O) groups excluding carboxylic acids is 1. The number of hydrogen-bond acceptors (Lipinski definition) is 3. The number of carbonyl (C=O) groups is 1. The van der Waals surface area contributed by atoms with Crippen LogP contribution >= 0.6 is 0 Å². The zero-order valence-corrected chi connectivity index (χ0v) is 9.99. The molecule has 0 aliphatic rings. The van der Waals surface area contributed by atoms with Crippen molar-refractivity contribution in [2.75, 3.05) is 12.4 Å². The topological polar surface area (TPSA) is 64.4 Å². The van der Waals surface area contributed by atoms with Gasteiger partial charge in [0, 0.05) is 12.1 Å². The van der Waals surface area contributed by atoms with Crippen LogP contribution in [0.3, 0.4) is 0 Å². The summed E-state index contributed by atoms with van der Waals surface area (Å²) in [5.41, 5.74) is 7.22. The molecule has 17 heavy (non-hydrogen) atoms. The van der Waals surface area contributed by atoms with Gasteiger partial charge in [0.25, 0.3) is 0 Å². The fourth-order valence-corrected chi connectivity index (χ4v) is 1.35. The molecule has 0 fully saturated rings. The van der Waals surface area contributed by atoms with Crippen LogP contribution in [0.4, 0.5) is 5.69 Å². The van der Waals surface area contributed by atoms with Gasteiger partial charge in [-0.05, 0) is 30.7 Å². The molecule has 90 valence electrons. The number of amides is 1. The molecule has 1 atom stereocenters. The lowest BCUT2D eigenvalue weighted by molar-refractivity contribution is -0.117. The summed E-state index contributed by atoms with van der Waals surface area (Å²) in [6.07, 6.45) is 5.33. The first-order chi connectivity index (χ1) is 8.08. The van der Waals surface area contributed by atoms with Gasteiger partial charge in [0.1, 0.15) is 5.75 Å². The van der Waals surface area contributed by atoms with Crippen molar-refractivity contribution >= 4 is 11.6 Å². The van der Waals surface area contributed by atoms with Gasteiger partial charge in [0.2, 0.25) is 5.91 Å². The van der Waals surface area contributed by atoms with Gasteiger partial charge in [0.05, 0.1) is 13.2 Å². The molecule has 0 bridgehead atoms. The van der Waals surface area contributed by atoms with Gasteiger partial charge in [-0.25, -0.2) is 0 Å². The van der Waals surface area contributed by atoms with Crippen LogP contribution in [0.25, 0.3) is 0 Å². The number of terminal acetylenes is 1. The highest BCUT2D eigenvalue weighted by molar-refractivity contribution is 5.95. The summed E-state index contributed by atoms with van der Waals surface area (Å²) in [6.45, 7) is 1.88. The van der Waals surface area contributed by atoms with Crippen LogP contribution in [0, 0.1) is 19.3 Å². The van der Waals surface area contributed by atoms with Crippen LogP contribution in [-0.2, 0) is 4.79 Å². The third kappa shape index (κ3) is 3.51. The summed E-state index contributed by atoms with van der Waals surface area (Å²) in [5, 5.41) is 2.73. The summed E-state index contributed by atoms with van der Waals surface area (Å²) in [4.78, 5) is 11.6. The second-order valence-corrected chi connectivity index (χ2v) is 3.68. The van der Waals surface area contributed by atoms with Crippen molar-refractivity contribution in [2.24, 2.45) is 5.73 Å². The van der Waals surface area contributed by atoms with Crippen LogP contribution in [-0.4, -0.2) is 19.1 Å². The number of ether oxygens (including phenoxy) is 1. The highest BCUT2D eigenvalue weighted by Gasteiger charge is 2.13. The average Bonchev–Trinajstić information content (AvgIpc) is 2.31. The Morgan fingerprint density at radius 1 is 1.65 bits per heavy atom. The SMILES string of the molecule is C#CCC(N)C(=O)Nc1ccc(OC)cc1C. The molecule has 0 saturated heterocycles. The van der Waals surface area contributed by atoms with Crippen molar-refractivity contribution in [3.05, 3.63) is 23.8 Å². The molecule has 1 aromatic rings. The maximum absolute atomic E-state index is 11.6. The van der Waals surface area contributed by atoms with Crippen LogP contribution in [0.5, 0.6) is 5.75 Å². The third-order valence-electron chi connectivity index (χ3n) is 2.37. The van der Waals surface area contributed by atoms with Gasteiger partial charge in [-0.2, -0.15) is 0 Å². The Labute approximate surface area is 101 Å². The summed E-state index contributed by atoms with van der Waals surface area (Å²) in [7, 11) is 1.59. The predicted molar refractivity (Wildman–Crippen MR) is 67.8 cm³/mol. The van der Waals surface area contributed by atoms with Gasteiger partial charge >= 0.3 is 0 Å². The van der Waals surface area contributed by atoms with E-state index in [0.29, 0.717) is 5.69 Å². The average molecular weight is 232 g/mol. The first-order valence-electron chi connectivity index (χ1n) is 5.23. The molecule has 0 aromatic heterocycles. The molecule has 4 nitrogen and oxygen atoms in total. The van der Waals surface area contributed by atoms with Crippen molar-refractivity contribution < 1.29 is 9.53 Å². The molecule has 0 aliphatic heterocycles. The van der Waals surface area contributed by atoms with E-state index in [-0.39, 0.29) is 12.3 Å². The van der Waals surface area contributed by atoms with E-state index in [2.05, 4.69) is 11.2 Å². The monoisotopic (exact) mass is 232 g/mol. The first-order valence-corrected chi connectivity index (χ1v) is 5.23. The van der Waals surface area contributed by atoms with Crippen LogP contribution in [0.15, 0.2) is 18.2 Å². The molecule has 4 heteroatoms. The predicted octanol–water partition coefficient (Wildman–Crippen LogP) is 1.29. The van der Waals surface area contributed by atoms with Crippen LogP contribution in [0.2, 0.25) is 0 Å². The number of aryl methyl sites for hydroxylation is 1. The molecule has 1 rings (SSSR count). The third-order valence-corrected chi connectivity index (χ3v) is 2.37. The number of rotatable bonds is 4. The van der Waals surface area contributed by atoms with E-state index in [1.807, 2.05) is 13.0 Å². The second kappa shape index (κ2) is 5.92. The van der Waals surface area contributed by atoms with Crippen molar-refractivity contribution in [2.45, 2.75) is 19.4 Å². The molecular weight excluding hydrogens is 216 g/mol. The maximum atomic E-state index is 11.6. The molecule has 1 aromatic carbocycles. The summed E-state index contributed by atoms with van der Waals surface area (Å²) in [6, 6.07) is 4.70. The molecule has 0 saturated carbocycles. The van der Waals surface area contributed by atoms with Crippen LogP contribution in [0.1, 0.15) is 12.0 Å². The number of hydrogen-bond donors (Lipinski definition) is 2. The van der Waals surface area contributed by atoms with Crippen LogP contribution < -0.4 is 15.8 Å². The minimum Gasteiger partial charge on any atom is -0.497 e. The number of nitrogens with one attached hydrogen (secondary N) is 1. The van der Waals surface area contributed by atoms with Gasteiger partial charge in [-0.15, -0.1) is 12.3 Å². The largest absolute Gasteiger partial charge is 0.497 e. The Hall–Kier alpha value is -1.99. The van der Waals surface area contributed by atoms with Gasteiger partial charge in [-0.1, -0.05) is 0 Å². The molecule has 0 spiro atoms. The minimum absolute atomic E-state index is 0.223. The van der Waals surface area contributed by atoms with E-state index in [0.717, 1.165) is 11.3 Å². The fraction of sp³-hybridized carbons (Fsp3) is 0.308.